The summed E-state index contributed by atoms with van der Waals surface area (Å²) in [5, 5.41) is 7.27. The van der Waals surface area contributed by atoms with Crippen LogP contribution in [0.3, 0.4) is 0 Å². The molecule has 13 aromatic rings. The van der Waals surface area contributed by atoms with Crippen LogP contribution in [0, 0.1) is 0 Å². The molecule has 4 aromatic heterocycles. The number of fused-ring (bicyclic) bond motifs is 10. The van der Waals surface area contributed by atoms with Crippen LogP contribution < -0.4 is 0 Å². The molecule has 0 aliphatic rings. The van der Waals surface area contributed by atoms with Gasteiger partial charge in [0, 0.05) is 66.1 Å². The van der Waals surface area contributed by atoms with Gasteiger partial charge < -0.3 is 13.7 Å². The monoisotopic (exact) mass is 804 g/mol. The van der Waals surface area contributed by atoms with E-state index in [1.165, 1.54) is 48.9 Å². The van der Waals surface area contributed by atoms with Gasteiger partial charge in [0.15, 0.2) is 17.5 Å². The summed E-state index contributed by atoms with van der Waals surface area (Å²) in [4.78, 5) is 15.0. The molecule has 4 heterocycles. The molecule has 0 bridgehead atoms. The highest BCUT2D eigenvalue weighted by molar-refractivity contribution is 6.24. The standard InChI is InChI=1S/C57H36N6/c1-4-16-37(17-5-1)55-58-56(38-18-6-2-7-19-38)60-57(59-55)39-28-30-41(31-29-39)63-52-35-32-42(61-49-25-13-10-22-43(49)44-23-11-14-26-50(44)61)36-48(52)47-34-33-46-45-24-12-15-27-51(45)62(53(46)54(47)63)40-20-8-3-9-21-40/h1-36H. The quantitative estimate of drug-likeness (QED) is 0.168. The lowest BCUT2D eigenvalue weighted by molar-refractivity contribution is 1.07. The fourth-order valence-corrected chi connectivity index (χ4v) is 9.69. The summed E-state index contributed by atoms with van der Waals surface area (Å²) in [6, 6.07) is 77.5. The first-order valence-corrected chi connectivity index (χ1v) is 21.3. The average Bonchev–Trinajstić information content (AvgIpc) is 4.00. The summed E-state index contributed by atoms with van der Waals surface area (Å²) in [6.45, 7) is 0. The summed E-state index contributed by atoms with van der Waals surface area (Å²) in [5.41, 5.74) is 13.1. The van der Waals surface area contributed by atoms with E-state index in [-0.39, 0.29) is 0 Å². The third-order valence-corrected chi connectivity index (χ3v) is 12.5. The molecule has 6 heteroatoms. The second kappa shape index (κ2) is 14.0. The van der Waals surface area contributed by atoms with E-state index in [4.69, 9.17) is 15.0 Å². The second-order valence-electron chi connectivity index (χ2n) is 16.0. The van der Waals surface area contributed by atoms with Crippen molar-refractivity contribution in [3.63, 3.8) is 0 Å². The zero-order valence-corrected chi connectivity index (χ0v) is 34.0. The van der Waals surface area contributed by atoms with Crippen LogP contribution in [0.4, 0.5) is 0 Å². The molecule has 0 unspecified atom stereocenters. The first-order valence-electron chi connectivity index (χ1n) is 21.3. The number of aromatic nitrogens is 6. The molecule has 0 N–H and O–H groups in total. The van der Waals surface area contributed by atoms with Crippen LogP contribution in [0.25, 0.3) is 117 Å². The Morgan fingerprint density at radius 2 is 0.603 bits per heavy atom. The number of rotatable bonds is 6. The maximum atomic E-state index is 5.04. The lowest BCUT2D eigenvalue weighted by Crippen LogP contribution is -2.01. The zero-order valence-electron chi connectivity index (χ0n) is 34.0. The van der Waals surface area contributed by atoms with E-state index in [1.807, 2.05) is 60.7 Å². The van der Waals surface area contributed by atoms with Crippen molar-refractivity contribution in [1.82, 2.24) is 28.7 Å². The summed E-state index contributed by atoms with van der Waals surface area (Å²) < 4.78 is 7.29. The second-order valence-corrected chi connectivity index (χ2v) is 16.0. The molecule has 9 aromatic carbocycles. The van der Waals surface area contributed by atoms with Crippen LogP contribution in [0.1, 0.15) is 0 Å². The molecule has 13 rings (SSSR count). The van der Waals surface area contributed by atoms with Crippen molar-refractivity contribution in [1.29, 1.82) is 0 Å². The predicted octanol–water partition coefficient (Wildman–Crippen LogP) is 14.2. The predicted molar refractivity (Wildman–Crippen MR) is 259 cm³/mol. The van der Waals surface area contributed by atoms with Gasteiger partial charge in [-0.25, -0.2) is 15.0 Å². The minimum Gasteiger partial charge on any atom is -0.309 e. The Bertz CT molecular complexity index is 3770. The van der Waals surface area contributed by atoms with Gasteiger partial charge in [0.25, 0.3) is 0 Å². The summed E-state index contributed by atoms with van der Waals surface area (Å²) in [6.07, 6.45) is 0. The molecular weight excluding hydrogens is 769 g/mol. The Hall–Kier alpha value is -8.61. The number of hydrogen-bond donors (Lipinski definition) is 0. The Labute approximate surface area is 362 Å². The van der Waals surface area contributed by atoms with E-state index in [2.05, 4.69) is 171 Å². The number of hydrogen-bond acceptors (Lipinski definition) is 3. The van der Waals surface area contributed by atoms with Crippen LogP contribution in [-0.4, -0.2) is 28.7 Å². The molecule has 0 spiro atoms. The minimum absolute atomic E-state index is 0.624. The van der Waals surface area contributed by atoms with Gasteiger partial charge in [0.2, 0.25) is 0 Å². The van der Waals surface area contributed by atoms with Crippen LogP contribution in [0.5, 0.6) is 0 Å². The fraction of sp³-hybridized carbons (Fsp3) is 0. The highest BCUT2D eigenvalue weighted by Gasteiger charge is 2.23. The lowest BCUT2D eigenvalue weighted by atomic mass is 10.1. The van der Waals surface area contributed by atoms with E-state index < -0.39 is 0 Å². The Morgan fingerprint density at radius 1 is 0.238 bits per heavy atom. The molecule has 294 valence electrons. The van der Waals surface area contributed by atoms with E-state index in [9.17, 15) is 0 Å². The average molecular weight is 805 g/mol. The van der Waals surface area contributed by atoms with Crippen LogP contribution in [0.15, 0.2) is 218 Å². The Balaban J connectivity index is 1.08. The van der Waals surface area contributed by atoms with Crippen LogP contribution in [0.2, 0.25) is 0 Å². The molecule has 6 nitrogen and oxygen atoms in total. The Kier molecular flexibility index (Phi) is 7.80. The number of benzene rings is 9. The van der Waals surface area contributed by atoms with Gasteiger partial charge in [0.05, 0.1) is 33.1 Å². The Morgan fingerprint density at radius 3 is 1.13 bits per heavy atom. The molecular formula is C57H36N6. The number of nitrogens with zero attached hydrogens (tertiary/aromatic N) is 6. The molecule has 0 fully saturated rings. The molecule has 0 atom stereocenters. The summed E-state index contributed by atoms with van der Waals surface area (Å²) in [5.74, 6) is 1.90. The van der Waals surface area contributed by atoms with Crippen molar-refractivity contribution in [2.45, 2.75) is 0 Å². The SMILES string of the molecule is c1ccc(-c2nc(-c3ccccc3)nc(-c3ccc(-n4c5ccc(-n6c7ccccc7c7ccccc76)cc5c5ccc6c7ccccc7n(-c7ccccc7)c6c54)cc3)n2)cc1. The van der Waals surface area contributed by atoms with E-state index in [1.54, 1.807) is 0 Å². The molecule has 0 saturated heterocycles. The summed E-state index contributed by atoms with van der Waals surface area (Å²) >= 11 is 0. The van der Waals surface area contributed by atoms with E-state index >= 15 is 0 Å². The van der Waals surface area contributed by atoms with Gasteiger partial charge in [-0.15, -0.1) is 0 Å². The van der Waals surface area contributed by atoms with E-state index in [0.29, 0.717) is 17.5 Å². The summed E-state index contributed by atoms with van der Waals surface area (Å²) in [7, 11) is 0. The molecule has 0 amide bonds. The molecule has 0 radical (unpaired) electrons. The van der Waals surface area contributed by atoms with Gasteiger partial charge in [0.1, 0.15) is 0 Å². The smallest absolute Gasteiger partial charge is 0.164 e. The molecule has 0 aliphatic carbocycles. The maximum absolute atomic E-state index is 5.04. The van der Waals surface area contributed by atoms with Gasteiger partial charge >= 0.3 is 0 Å². The largest absolute Gasteiger partial charge is 0.309 e. The van der Waals surface area contributed by atoms with Crippen molar-refractivity contribution in [2.75, 3.05) is 0 Å². The van der Waals surface area contributed by atoms with Gasteiger partial charge in [-0.05, 0) is 72.8 Å². The maximum Gasteiger partial charge on any atom is 0.164 e. The van der Waals surface area contributed by atoms with Crippen LogP contribution in [-0.2, 0) is 0 Å². The number of para-hydroxylation sites is 4. The molecule has 0 aliphatic heterocycles. The minimum atomic E-state index is 0.624. The van der Waals surface area contributed by atoms with Crippen LogP contribution >= 0.6 is 0 Å². The third kappa shape index (κ3) is 5.48. The highest BCUT2D eigenvalue weighted by atomic mass is 15.1. The van der Waals surface area contributed by atoms with Crippen molar-refractivity contribution in [2.24, 2.45) is 0 Å². The van der Waals surface area contributed by atoms with Crippen molar-refractivity contribution < 1.29 is 0 Å². The topological polar surface area (TPSA) is 53.5 Å². The van der Waals surface area contributed by atoms with Crippen molar-refractivity contribution in [3.05, 3.63) is 218 Å². The zero-order chi connectivity index (χ0) is 41.4. The first kappa shape index (κ1) is 35.2. The highest BCUT2D eigenvalue weighted by Crippen LogP contribution is 2.43. The third-order valence-electron chi connectivity index (χ3n) is 12.5. The van der Waals surface area contributed by atoms with Gasteiger partial charge in [-0.2, -0.15) is 0 Å². The van der Waals surface area contributed by atoms with Crippen molar-refractivity contribution >= 4 is 65.4 Å². The first-order chi connectivity index (χ1) is 31.3. The molecule has 63 heavy (non-hydrogen) atoms. The lowest BCUT2D eigenvalue weighted by Gasteiger charge is -2.13. The van der Waals surface area contributed by atoms with Gasteiger partial charge in [-0.3, -0.25) is 0 Å². The van der Waals surface area contributed by atoms with Crippen molar-refractivity contribution in [3.8, 4) is 51.2 Å². The molecule has 0 saturated carbocycles. The normalized spacial score (nSPS) is 11.8. The fourth-order valence-electron chi connectivity index (χ4n) is 9.69. The van der Waals surface area contributed by atoms with Gasteiger partial charge in [-0.1, -0.05) is 146 Å². The van der Waals surface area contributed by atoms with E-state index in [0.717, 1.165) is 50.3 Å².